The van der Waals surface area contributed by atoms with Gasteiger partial charge >= 0.3 is 0 Å². The molecule has 2 aliphatic rings. The van der Waals surface area contributed by atoms with Gasteiger partial charge in [0, 0.05) is 69.8 Å². The first-order valence-electron chi connectivity index (χ1n) is 13.9. The summed E-state index contributed by atoms with van der Waals surface area (Å²) >= 11 is 0. The molecule has 2 aromatic carbocycles. The van der Waals surface area contributed by atoms with Gasteiger partial charge in [-0.15, -0.1) is 0 Å². The zero-order valence-corrected chi connectivity index (χ0v) is 22.6. The van der Waals surface area contributed by atoms with Crippen molar-refractivity contribution in [2.24, 2.45) is 5.92 Å². The number of nitrogens with one attached hydrogen (secondary N) is 1. The van der Waals surface area contributed by atoms with Crippen LogP contribution in [0.2, 0.25) is 0 Å². The highest BCUT2D eigenvalue weighted by molar-refractivity contribution is 5.90. The molecule has 7 nitrogen and oxygen atoms in total. The number of methoxy groups -OCH3 is 1. The van der Waals surface area contributed by atoms with Crippen LogP contribution >= 0.6 is 0 Å². The summed E-state index contributed by atoms with van der Waals surface area (Å²) in [6.45, 7) is 6.25. The predicted octanol–water partition coefficient (Wildman–Crippen LogP) is 4.66. The Morgan fingerprint density at radius 2 is 1.82 bits per heavy atom. The summed E-state index contributed by atoms with van der Waals surface area (Å²) in [6, 6.07) is 19.0. The van der Waals surface area contributed by atoms with Crippen LogP contribution in [-0.4, -0.2) is 73.1 Å². The minimum atomic E-state index is -0.157. The molecule has 0 radical (unpaired) electrons. The highest BCUT2D eigenvalue weighted by Crippen LogP contribution is 2.30. The molecule has 2 aliphatic heterocycles. The van der Waals surface area contributed by atoms with E-state index in [2.05, 4.69) is 31.1 Å². The zero-order valence-electron chi connectivity index (χ0n) is 22.6. The number of anilines is 2. The lowest BCUT2D eigenvalue weighted by Crippen LogP contribution is -2.56. The monoisotopic (exact) mass is 531 g/mol. The molecule has 8 heteroatoms. The van der Waals surface area contributed by atoms with Crippen molar-refractivity contribution in [3.8, 4) is 5.75 Å². The van der Waals surface area contributed by atoms with Crippen LogP contribution in [0.25, 0.3) is 0 Å². The SMILES string of the molecule is COc1ccc(NC(=O)CC[C@H]2CN(Cc3cccnc3)CC[C@H]2N2CCN(c3ccccc3F)CC2)cc1. The van der Waals surface area contributed by atoms with E-state index in [0.717, 1.165) is 70.1 Å². The number of benzene rings is 2. The van der Waals surface area contributed by atoms with Crippen molar-refractivity contribution in [1.29, 1.82) is 0 Å². The van der Waals surface area contributed by atoms with Gasteiger partial charge in [-0.2, -0.15) is 0 Å². The maximum Gasteiger partial charge on any atom is 0.224 e. The second kappa shape index (κ2) is 13.0. The quantitative estimate of drug-likeness (QED) is 0.434. The number of nitrogens with zero attached hydrogens (tertiary/aromatic N) is 4. The van der Waals surface area contributed by atoms with E-state index in [1.165, 1.54) is 11.6 Å². The van der Waals surface area contributed by atoms with Crippen molar-refractivity contribution < 1.29 is 13.9 Å². The fourth-order valence-electron chi connectivity index (χ4n) is 5.97. The number of hydrogen-bond donors (Lipinski definition) is 1. The molecule has 0 unspecified atom stereocenters. The van der Waals surface area contributed by atoms with Gasteiger partial charge in [0.1, 0.15) is 11.6 Å². The predicted molar refractivity (Wildman–Crippen MR) is 152 cm³/mol. The summed E-state index contributed by atoms with van der Waals surface area (Å²) in [5.74, 6) is 1.02. The highest BCUT2D eigenvalue weighted by Gasteiger charge is 2.35. The van der Waals surface area contributed by atoms with Gasteiger partial charge in [-0.1, -0.05) is 18.2 Å². The fourth-order valence-corrected chi connectivity index (χ4v) is 5.97. The Balaban J connectivity index is 1.21. The van der Waals surface area contributed by atoms with Crippen LogP contribution in [0, 0.1) is 11.7 Å². The normalized spacial score (nSPS) is 20.5. The van der Waals surface area contributed by atoms with Gasteiger partial charge < -0.3 is 15.0 Å². The van der Waals surface area contributed by atoms with E-state index in [1.54, 1.807) is 19.4 Å². The molecule has 0 bridgehead atoms. The summed E-state index contributed by atoms with van der Waals surface area (Å²) in [5, 5.41) is 3.04. The third-order valence-electron chi connectivity index (χ3n) is 8.00. The average molecular weight is 532 g/mol. The fraction of sp³-hybridized carbons (Fsp3) is 0.419. The maximum atomic E-state index is 14.4. The van der Waals surface area contributed by atoms with E-state index in [9.17, 15) is 9.18 Å². The molecular weight excluding hydrogens is 493 g/mol. The number of aromatic nitrogens is 1. The topological polar surface area (TPSA) is 60.9 Å². The zero-order chi connectivity index (χ0) is 27.0. The number of piperazine rings is 1. The Kier molecular flexibility index (Phi) is 9.06. The number of amides is 1. The van der Waals surface area contributed by atoms with E-state index in [1.807, 2.05) is 48.7 Å². The number of para-hydroxylation sites is 1. The molecule has 0 saturated carbocycles. The van der Waals surface area contributed by atoms with E-state index < -0.39 is 0 Å². The summed E-state index contributed by atoms with van der Waals surface area (Å²) in [6.07, 6.45) is 6.10. The number of piperidine rings is 1. The third-order valence-corrected chi connectivity index (χ3v) is 8.00. The lowest BCUT2D eigenvalue weighted by Gasteiger charge is -2.47. The number of ether oxygens (including phenoxy) is 1. The van der Waals surface area contributed by atoms with Crippen LogP contribution in [0.5, 0.6) is 5.75 Å². The van der Waals surface area contributed by atoms with Gasteiger partial charge in [0.15, 0.2) is 0 Å². The third kappa shape index (κ3) is 7.13. The minimum absolute atomic E-state index is 0.0349. The van der Waals surface area contributed by atoms with Crippen molar-refractivity contribution in [2.45, 2.75) is 31.8 Å². The van der Waals surface area contributed by atoms with Gasteiger partial charge in [-0.05, 0) is 73.3 Å². The molecule has 206 valence electrons. The first-order valence-corrected chi connectivity index (χ1v) is 13.9. The number of rotatable bonds is 9. The molecule has 1 amide bonds. The minimum Gasteiger partial charge on any atom is -0.497 e. The maximum absolute atomic E-state index is 14.4. The number of likely N-dealkylation sites (tertiary alicyclic amines) is 1. The highest BCUT2D eigenvalue weighted by atomic mass is 19.1. The molecule has 2 atom stereocenters. The number of hydrogen-bond acceptors (Lipinski definition) is 6. The van der Waals surface area contributed by atoms with Crippen LogP contribution in [0.4, 0.5) is 15.8 Å². The number of carbonyl (C=O) groups excluding carboxylic acids is 1. The summed E-state index contributed by atoms with van der Waals surface area (Å²) in [7, 11) is 1.63. The van der Waals surface area contributed by atoms with Gasteiger partial charge in [-0.25, -0.2) is 4.39 Å². The van der Waals surface area contributed by atoms with Gasteiger partial charge in [0.25, 0.3) is 0 Å². The smallest absolute Gasteiger partial charge is 0.224 e. The molecule has 2 fully saturated rings. The van der Waals surface area contributed by atoms with Gasteiger partial charge in [0.2, 0.25) is 5.91 Å². The molecule has 2 saturated heterocycles. The van der Waals surface area contributed by atoms with Crippen LogP contribution in [0.15, 0.2) is 73.1 Å². The summed E-state index contributed by atoms with van der Waals surface area (Å²) in [5.41, 5.74) is 2.68. The lowest BCUT2D eigenvalue weighted by molar-refractivity contribution is -0.116. The van der Waals surface area contributed by atoms with Crippen molar-refractivity contribution in [3.05, 3.63) is 84.4 Å². The Morgan fingerprint density at radius 1 is 1.03 bits per heavy atom. The Morgan fingerprint density at radius 3 is 2.54 bits per heavy atom. The van der Waals surface area contributed by atoms with Crippen LogP contribution < -0.4 is 15.0 Å². The molecule has 5 rings (SSSR count). The van der Waals surface area contributed by atoms with Gasteiger partial charge in [-0.3, -0.25) is 19.6 Å². The van der Waals surface area contributed by atoms with Gasteiger partial charge in [0.05, 0.1) is 12.8 Å². The number of halogens is 1. The molecule has 0 spiro atoms. The van der Waals surface area contributed by atoms with E-state index in [4.69, 9.17) is 4.74 Å². The number of carbonyl (C=O) groups is 1. The molecule has 1 aromatic heterocycles. The van der Waals surface area contributed by atoms with Crippen molar-refractivity contribution in [2.75, 3.05) is 56.6 Å². The first-order chi connectivity index (χ1) is 19.1. The molecule has 39 heavy (non-hydrogen) atoms. The Bertz CT molecular complexity index is 1200. The first kappa shape index (κ1) is 27.1. The average Bonchev–Trinajstić information content (AvgIpc) is 2.98. The Hall–Kier alpha value is -3.49. The van der Waals surface area contributed by atoms with Crippen LogP contribution in [0.3, 0.4) is 0 Å². The molecular formula is C31H38FN5O2. The summed E-state index contributed by atoms with van der Waals surface area (Å²) in [4.78, 5) is 24.4. The standard InChI is InChI=1S/C31H38FN5O2/c1-39-27-11-9-26(10-12-27)34-31(38)13-8-25-23-35(22-24-5-4-15-33-21-24)16-14-29(25)36-17-19-37(20-18-36)30-7-3-2-6-28(30)32/h2-7,9-12,15,21,25,29H,8,13-14,16-20,22-23H2,1H3,(H,34,38)/t25-,29+/m0/s1. The van der Waals surface area contributed by atoms with E-state index in [-0.39, 0.29) is 11.7 Å². The molecule has 3 aromatic rings. The molecule has 3 heterocycles. The second-order valence-electron chi connectivity index (χ2n) is 10.5. The van der Waals surface area contributed by atoms with Crippen molar-refractivity contribution in [1.82, 2.24) is 14.8 Å². The van der Waals surface area contributed by atoms with Crippen molar-refractivity contribution >= 4 is 17.3 Å². The van der Waals surface area contributed by atoms with E-state index in [0.29, 0.717) is 24.1 Å². The van der Waals surface area contributed by atoms with Crippen LogP contribution in [0.1, 0.15) is 24.8 Å². The largest absolute Gasteiger partial charge is 0.497 e. The lowest BCUT2D eigenvalue weighted by atomic mass is 9.86. The summed E-state index contributed by atoms with van der Waals surface area (Å²) < 4.78 is 19.6. The van der Waals surface area contributed by atoms with Crippen molar-refractivity contribution in [3.63, 3.8) is 0 Å². The molecule has 0 aliphatic carbocycles. The second-order valence-corrected chi connectivity index (χ2v) is 10.5. The van der Waals surface area contributed by atoms with E-state index >= 15 is 0 Å². The Labute approximate surface area is 230 Å². The number of pyridine rings is 1. The molecule has 1 N–H and O–H groups in total. The van der Waals surface area contributed by atoms with Crippen LogP contribution in [-0.2, 0) is 11.3 Å².